The monoisotopic (exact) mass is 372 g/mol. The fourth-order valence-electron chi connectivity index (χ4n) is 3.51. The number of allylic oxidation sites excluding steroid dienone is 4. The fraction of sp³-hybridized carbons (Fsp3) is 0.429. The Bertz CT molecular complexity index is 900. The number of benzene rings is 1. The van der Waals surface area contributed by atoms with Gasteiger partial charge in [0.25, 0.3) is 0 Å². The molecule has 1 aliphatic carbocycles. The van der Waals surface area contributed by atoms with E-state index in [0.717, 1.165) is 32.8 Å². The molecule has 0 saturated heterocycles. The van der Waals surface area contributed by atoms with Gasteiger partial charge in [-0.2, -0.15) is 5.10 Å². The summed E-state index contributed by atoms with van der Waals surface area (Å²) in [7, 11) is 0. The molecular formula is C21H25ClN2O2. The van der Waals surface area contributed by atoms with Crippen molar-refractivity contribution in [3.05, 3.63) is 51.7 Å². The van der Waals surface area contributed by atoms with Crippen LogP contribution in [-0.4, -0.2) is 20.9 Å². The second-order valence-electron chi connectivity index (χ2n) is 7.02. The molecular weight excluding hydrogens is 348 g/mol. The van der Waals surface area contributed by atoms with Crippen molar-refractivity contribution in [1.82, 2.24) is 9.78 Å². The van der Waals surface area contributed by atoms with Crippen molar-refractivity contribution in [2.45, 2.75) is 53.0 Å². The summed E-state index contributed by atoms with van der Waals surface area (Å²) in [6.45, 7) is 6.66. The summed E-state index contributed by atoms with van der Waals surface area (Å²) >= 11 is 6.45. The van der Waals surface area contributed by atoms with Gasteiger partial charge in [-0.15, -0.1) is 0 Å². The molecule has 0 aliphatic heterocycles. The van der Waals surface area contributed by atoms with Crippen LogP contribution in [0.4, 0.5) is 0 Å². The van der Waals surface area contributed by atoms with Crippen molar-refractivity contribution in [3.63, 3.8) is 0 Å². The van der Waals surface area contributed by atoms with E-state index >= 15 is 0 Å². The molecule has 4 nitrogen and oxygen atoms in total. The Hall–Kier alpha value is -2.07. The van der Waals surface area contributed by atoms with Gasteiger partial charge in [-0.25, -0.2) is 0 Å². The van der Waals surface area contributed by atoms with E-state index in [9.17, 15) is 4.79 Å². The molecule has 5 heteroatoms. The highest BCUT2D eigenvalue weighted by Crippen LogP contribution is 2.41. The van der Waals surface area contributed by atoms with Crippen molar-refractivity contribution < 1.29 is 9.90 Å². The molecule has 138 valence electrons. The van der Waals surface area contributed by atoms with Gasteiger partial charge in [-0.1, -0.05) is 29.8 Å². The van der Waals surface area contributed by atoms with Crippen LogP contribution >= 0.6 is 11.6 Å². The predicted octanol–water partition coefficient (Wildman–Crippen LogP) is 5.23. The molecule has 2 aromatic rings. The van der Waals surface area contributed by atoms with E-state index in [4.69, 9.17) is 21.8 Å². The molecule has 3 rings (SSSR count). The third-order valence-corrected chi connectivity index (χ3v) is 5.26. The molecule has 0 amide bonds. The Kier molecular flexibility index (Phi) is 5.52. The number of nitrogens with zero attached hydrogens (tertiary/aromatic N) is 2. The minimum atomic E-state index is -0.778. The number of fused-ring (bicyclic) bond motifs is 1. The number of carboxylic acids is 1. The molecule has 0 radical (unpaired) electrons. The Labute approximate surface area is 159 Å². The van der Waals surface area contributed by atoms with Crippen molar-refractivity contribution in [3.8, 4) is 0 Å². The number of aryl methyl sites for hydroxylation is 2. The van der Waals surface area contributed by atoms with Crippen LogP contribution in [0.3, 0.4) is 0 Å². The van der Waals surface area contributed by atoms with Crippen molar-refractivity contribution in [2.24, 2.45) is 5.92 Å². The Balaban J connectivity index is 1.96. The van der Waals surface area contributed by atoms with Crippen LogP contribution in [0.1, 0.15) is 44.4 Å². The molecule has 1 aromatic heterocycles. The molecule has 1 aromatic carbocycles. The molecule has 0 bridgehead atoms. The van der Waals surface area contributed by atoms with Gasteiger partial charge in [0.1, 0.15) is 0 Å². The van der Waals surface area contributed by atoms with Gasteiger partial charge < -0.3 is 5.11 Å². The van der Waals surface area contributed by atoms with E-state index in [2.05, 4.69) is 19.1 Å². The van der Waals surface area contributed by atoms with E-state index < -0.39 is 5.97 Å². The van der Waals surface area contributed by atoms with Crippen molar-refractivity contribution >= 4 is 28.5 Å². The maximum atomic E-state index is 10.9. The number of carboxylic acid groups (broad SMARTS) is 1. The SMILES string of the molecule is C/C=C(\C(Cn1nc(C)c2ccc(CCC(=O)O)cc21)=C(/C)Cl)C1CC1. The zero-order chi connectivity index (χ0) is 18.8. The predicted molar refractivity (Wildman–Crippen MR) is 105 cm³/mol. The van der Waals surface area contributed by atoms with Gasteiger partial charge in [0.15, 0.2) is 0 Å². The second-order valence-corrected chi connectivity index (χ2v) is 7.59. The highest BCUT2D eigenvalue weighted by atomic mass is 35.5. The number of hydrogen-bond donors (Lipinski definition) is 1. The second kappa shape index (κ2) is 7.67. The molecule has 1 fully saturated rings. The Morgan fingerprint density at radius 2 is 2.15 bits per heavy atom. The van der Waals surface area contributed by atoms with Crippen LogP contribution < -0.4 is 0 Å². The number of hydrogen-bond acceptors (Lipinski definition) is 2. The quantitative estimate of drug-likeness (QED) is 0.677. The first-order chi connectivity index (χ1) is 12.4. The van der Waals surface area contributed by atoms with E-state index in [1.807, 2.05) is 30.7 Å². The lowest BCUT2D eigenvalue weighted by Gasteiger charge is -2.14. The summed E-state index contributed by atoms with van der Waals surface area (Å²) in [6.07, 6.45) is 5.29. The van der Waals surface area contributed by atoms with Crippen molar-refractivity contribution in [1.29, 1.82) is 0 Å². The van der Waals surface area contributed by atoms with Gasteiger partial charge in [-0.3, -0.25) is 9.48 Å². The lowest BCUT2D eigenvalue weighted by atomic mass is 10.0. The summed E-state index contributed by atoms with van der Waals surface area (Å²) in [5, 5.41) is 15.6. The largest absolute Gasteiger partial charge is 0.481 e. The summed E-state index contributed by atoms with van der Waals surface area (Å²) in [5.41, 5.74) is 5.51. The topological polar surface area (TPSA) is 55.1 Å². The maximum Gasteiger partial charge on any atom is 0.303 e. The van der Waals surface area contributed by atoms with Gasteiger partial charge in [-0.05, 0) is 68.7 Å². The minimum absolute atomic E-state index is 0.134. The highest BCUT2D eigenvalue weighted by molar-refractivity contribution is 6.29. The molecule has 1 heterocycles. The highest BCUT2D eigenvalue weighted by Gasteiger charge is 2.28. The average Bonchev–Trinajstić information content (AvgIpc) is 3.38. The Morgan fingerprint density at radius 3 is 2.73 bits per heavy atom. The van der Waals surface area contributed by atoms with Crippen molar-refractivity contribution in [2.75, 3.05) is 0 Å². The molecule has 1 N–H and O–H groups in total. The molecule has 0 atom stereocenters. The lowest BCUT2D eigenvalue weighted by Crippen LogP contribution is -2.07. The van der Waals surface area contributed by atoms with E-state index in [1.165, 1.54) is 18.4 Å². The standard InChI is InChI=1S/C21H25ClN2O2/c1-4-17(16-7-8-16)19(13(2)22)12-24-20-11-15(6-10-21(25)26)5-9-18(20)14(3)23-24/h4-5,9,11,16H,6-8,10,12H2,1-3H3,(H,25,26)/b17-4-,19-13+. The Morgan fingerprint density at radius 1 is 1.42 bits per heavy atom. The van der Waals surface area contributed by atoms with Crippen LogP contribution in [0.2, 0.25) is 0 Å². The first kappa shape index (κ1) is 18.7. The molecule has 1 aliphatic rings. The van der Waals surface area contributed by atoms with E-state index in [1.54, 1.807) is 0 Å². The fourth-order valence-corrected chi connectivity index (χ4v) is 3.68. The number of rotatable bonds is 7. The first-order valence-corrected chi connectivity index (χ1v) is 9.48. The van der Waals surface area contributed by atoms with E-state index in [0.29, 0.717) is 18.9 Å². The van der Waals surface area contributed by atoms with Gasteiger partial charge in [0, 0.05) is 16.8 Å². The summed E-state index contributed by atoms with van der Waals surface area (Å²) in [4.78, 5) is 10.9. The first-order valence-electron chi connectivity index (χ1n) is 9.10. The normalized spacial score (nSPS) is 16.1. The summed E-state index contributed by atoms with van der Waals surface area (Å²) < 4.78 is 2.00. The van der Waals surface area contributed by atoms with Crippen LogP contribution in [-0.2, 0) is 17.8 Å². The van der Waals surface area contributed by atoms with Gasteiger partial charge >= 0.3 is 5.97 Å². The van der Waals surface area contributed by atoms with Gasteiger partial charge in [0.2, 0.25) is 0 Å². The van der Waals surface area contributed by atoms with Crippen LogP contribution in [0, 0.1) is 12.8 Å². The molecule has 0 spiro atoms. The summed E-state index contributed by atoms with van der Waals surface area (Å²) in [5.74, 6) is -0.155. The lowest BCUT2D eigenvalue weighted by molar-refractivity contribution is -0.136. The maximum absolute atomic E-state index is 10.9. The zero-order valence-corrected chi connectivity index (χ0v) is 16.3. The third-order valence-electron chi connectivity index (χ3n) is 5.03. The van der Waals surface area contributed by atoms with Crippen LogP contribution in [0.15, 0.2) is 40.5 Å². The average molecular weight is 373 g/mol. The van der Waals surface area contributed by atoms with Gasteiger partial charge in [0.05, 0.1) is 17.8 Å². The summed E-state index contributed by atoms with van der Waals surface area (Å²) in [6, 6.07) is 6.10. The smallest absolute Gasteiger partial charge is 0.303 e. The number of halogens is 1. The number of aliphatic carboxylic acids is 1. The van der Waals surface area contributed by atoms with Crippen LogP contribution in [0.5, 0.6) is 0 Å². The van der Waals surface area contributed by atoms with Crippen LogP contribution in [0.25, 0.3) is 10.9 Å². The number of aromatic nitrogens is 2. The van der Waals surface area contributed by atoms with E-state index in [-0.39, 0.29) is 6.42 Å². The third kappa shape index (κ3) is 4.01. The molecule has 26 heavy (non-hydrogen) atoms. The molecule has 0 unspecified atom stereocenters. The number of carbonyl (C=O) groups is 1. The zero-order valence-electron chi connectivity index (χ0n) is 15.6. The molecule has 1 saturated carbocycles. The minimum Gasteiger partial charge on any atom is -0.481 e.